The van der Waals surface area contributed by atoms with Crippen molar-refractivity contribution < 1.29 is 0 Å². The SMILES string of the molecule is c1ccc(-c2ccc(-c3nc(-c4ccccc4)nc(-n4c5ccccc5c5c(-c6cc(-c7ccccc7)cc(-c7ccccc7)c6)cc6c7ccccc7n(-c7ccccc7)c6c54)n3)cc2)cc1. The topological polar surface area (TPSA) is 48.5 Å². The Balaban J connectivity index is 1.18. The van der Waals surface area contributed by atoms with Crippen LogP contribution in [0.25, 0.3) is 123 Å². The Bertz CT molecular complexity index is 3920. The molecule has 13 rings (SSSR count). The highest BCUT2D eigenvalue weighted by Crippen LogP contribution is 2.47. The maximum atomic E-state index is 5.48. The molecule has 0 atom stereocenters. The minimum absolute atomic E-state index is 0.540. The molecule has 0 saturated heterocycles. The predicted octanol–water partition coefficient (Wildman–Crippen LogP) is 16.1. The predicted molar refractivity (Wildman–Crippen MR) is 281 cm³/mol. The van der Waals surface area contributed by atoms with Crippen molar-refractivity contribution in [3.8, 4) is 78.9 Å². The standard InChI is InChI=1S/C63H41N5/c1-6-20-42(21-7-1)45-34-36-47(37-35-45)62-64-61(46-26-12-4-13-27-46)65-63(66-62)68-57-33-19-17-31-53(57)58-54(50-39-48(43-22-8-2-9-23-43)38-49(40-50)44-24-10-3-11-25-44)41-55-52-30-16-18-32-56(52)67(59(55)60(58)68)51-28-14-5-15-29-51/h1-41H. The molecule has 0 bridgehead atoms. The van der Waals surface area contributed by atoms with Gasteiger partial charge >= 0.3 is 0 Å². The van der Waals surface area contributed by atoms with Crippen molar-refractivity contribution in [2.75, 3.05) is 0 Å². The van der Waals surface area contributed by atoms with Crippen molar-refractivity contribution in [2.45, 2.75) is 0 Å². The molecule has 0 radical (unpaired) electrons. The van der Waals surface area contributed by atoms with Crippen LogP contribution in [-0.2, 0) is 0 Å². The maximum absolute atomic E-state index is 5.48. The Morgan fingerprint density at radius 2 is 0.676 bits per heavy atom. The monoisotopic (exact) mass is 867 g/mol. The number of benzene rings is 10. The summed E-state index contributed by atoms with van der Waals surface area (Å²) in [5, 5.41) is 4.52. The molecule has 0 unspecified atom stereocenters. The second-order valence-electron chi connectivity index (χ2n) is 17.2. The summed E-state index contributed by atoms with van der Waals surface area (Å²) in [5.41, 5.74) is 16.3. The minimum Gasteiger partial charge on any atom is -0.307 e. The minimum atomic E-state index is 0.540. The van der Waals surface area contributed by atoms with Gasteiger partial charge in [-0.3, -0.25) is 4.57 Å². The van der Waals surface area contributed by atoms with E-state index in [1.54, 1.807) is 0 Å². The lowest BCUT2D eigenvalue weighted by atomic mass is 9.90. The molecular weight excluding hydrogens is 827 g/mol. The van der Waals surface area contributed by atoms with Crippen LogP contribution in [0, 0.1) is 0 Å². The van der Waals surface area contributed by atoms with Crippen LogP contribution in [-0.4, -0.2) is 24.1 Å². The molecule has 5 nitrogen and oxygen atoms in total. The molecule has 5 heteroatoms. The van der Waals surface area contributed by atoms with E-state index in [9.17, 15) is 0 Å². The second kappa shape index (κ2) is 16.4. The molecule has 318 valence electrons. The van der Waals surface area contributed by atoms with E-state index in [1.807, 2.05) is 24.3 Å². The van der Waals surface area contributed by atoms with Gasteiger partial charge in [0, 0.05) is 38.4 Å². The number of nitrogens with zero attached hydrogens (tertiary/aromatic N) is 5. The molecule has 0 saturated carbocycles. The molecule has 13 aromatic rings. The van der Waals surface area contributed by atoms with E-state index in [0.717, 1.165) is 105 Å². The molecule has 3 aromatic heterocycles. The number of fused-ring (bicyclic) bond motifs is 7. The van der Waals surface area contributed by atoms with Gasteiger partial charge in [-0.15, -0.1) is 0 Å². The average Bonchev–Trinajstić information content (AvgIpc) is 3.95. The number of aromatic nitrogens is 5. The fraction of sp³-hybridized carbons (Fsp3) is 0. The van der Waals surface area contributed by atoms with Crippen LogP contribution in [0.3, 0.4) is 0 Å². The van der Waals surface area contributed by atoms with E-state index in [1.165, 1.54) is 0 Å². The van der Waals surface area contributed by atoms with Crippen molar-refractivity contribution in [1.29, 1.82) is 0 Å². The van der Waals surface area contributed by atoms with Gasteiger partial charge in [-0.1, -0.05) is 200 Å². The third kappa shape index (κ3) is 6.68. The summed E-state index contributed by atoms with van der Waals surface area (Å²) in [7, 11) is 0. The summed E-state index contributed by atoms with van der Waals surface area (Å²) in [4.78, 5) is 16.1. The summed E-state index contributed by atoms with van der Waals surface area (Å²) in [6.07, 6.45) is 0. The highest BCUT2D eigenvalue weighted by atomic mass is 15.2. The van der Waals surface area contributed by atoms with Gasteiger partial charge in [0.1, 0.15) is 0 Å². The van der Waals surface area contributed by atoms with Gasteiger partial charge in [0.25, 0.3) is 0 Å². The summed E-state index contributed by atoms with van der Waals surface area (Å²) in [6, 6.07) is 88.3. The van der Waals surface area contributed by atoms with Crippen molar-refractivity contribution >= 4 is 43.6 Å². The van der Waals surface area contributed by atoms with Gasteiger partial charge in [-0.25, -0.2) is 4.98 Å². The molecule has 0 aliphatic rings. The lowest BCUT2D eigenvalue weighted by molar-refractivity contribution is 0.953. The van der Waals surface area contributed by atoms with Crippen molar-refractivity contribution in [1.82, 2.24) is 24.1 Å². The molecule has 3 heterocycles. The van der Waals surface area contributed by atoms with Gasteiger partial charge in [-0.05, 0) is 93.0 Å². The normalized spacial score (nSPS) is 11.5. The van der Waals surface area contributed by atoms with Gasteiger partial charge in [0.05, 0.1) is 22.1 Å². The number of para-hydroxylation sites is 3. The molecule has 0 amide bonds. The average molecular weight is 868 g/mol. The van der Waals surface area contributed by atoms with Crippen LogP contribution in [0.15, 0.2) is 249 Å². The summed E-state index contributed by atoms with van der Waals surface area (Å²) in [5.74, 6) is 1.74. The van der Waals surface area contributed by atoms with E-state index in [4.69, 9.17) is 15.0 Å². The Morgan fingerprint density at radius 3 is 1.25 bits per heavy atom. The zero-order valence-electron chi connectivity index (χ0n) is 36.9. The van der Waals surface area contributed by atoms with E-state index < -0.39 is 0 Å². The fourth-order valence-corrected chi connectivity index (χ4v) is 10.0. The third-order valence-corrected chi connectivity index (χ3v) is 13.1. The van der Waals surface area contributed by atoms with Crippen LogP contribution in [0.2, 0.25) is 0 Å². The first-order valence-corrected chi connectivity index (χ1v) is 23.0. The molecule has 0 fully saturated rings. The molecule has 10 aromatic carbocycles. The smallest absolute Gasteiger partial charge is 0.238 e. The zero-order chi connectivity index (χ0) is 45.0. The van der Waals surface area contributed by atoms with E-state index in [0.29, 0.717) is 17.6 Å². The lowest BCUT2D eigenvalue weighted by Crippen LogP contribution is -2.07. The van der Waals surface area contributed by atoms with Crippen LogP contribution in [0.5, 0.6) is 0 Å². The Labute approximate surface area is 393 Å². The number of rotatable bonds is 8. The first kappa shape index (κ1) is 39.2. The summed E-state index contributed by atoms with van der Waals surface area (Å²) < 4.78 is 4.72. The highest BCUT2D eigenvalue weighted by Gasteiger charge is 2.26. The molecule has 0 N–H and O–H groups in total. The Hall–Kier alpha value is -9.19. The first-order chi connectivity index (χ1) is 33.7. The van der Waals surface area contributed by atoms with Crippen molar-refractivity contribution in [3.63, 3.8) is 0 Å². The quantitative estimate of drug-likeness (QED) is 0.153. The van der Waals surface area contributed by atoms with Gasteiger partial charge in [0.2, 0.25) is 5.95 Å². The zero-order valence-corrected chi connectivity index (χ0v) is 36.9. The van der Waals surface area contributed by atoms with Crippen LogP contribution >= 0.6 is 0 Å². The van der Waals surface area contributed by atoms with E-state index in [-0.39, 0.29) is 0 Å². The summed E-state index contributed by atoms with van der Waals surface area (Å²) in [6.45, 7) is 0. The van der Waals surface area contributed by atoms with Crippen LogP contribution in [0.1, 0.15) is 0 Å². The van der Waals surface area contributed by atoms with E-state index >= 15 is 0 Å². The largest absolute Gasteiger partial charge is 0.307 e. The molecule has 68 heavy (non-hydrogen) atoms. The number of hydrogen-bond acceptors (Lipinski definition) is 3. The fourth-order valence-electron chi connectivity index (χ4n) is 10.0. The molecule has 0 spiro atoms. The Morgan fingerprint density at radius 1 is 0.265 bits per heavy atom. The van der Waals surface area contributed by atoms with Crippen molar-refractivity contribution in [2.24, 2.45) is 0 Å². The van der Waals surface area contributed by atoms with Crippen LogP contribution < -0.4 is 0 Å². The van der Waals surface area contributed by atoms with Crippen LogP contribution in [0.4, 0.5) is 0 Å². The summed E-state index contributed by atoms with van der Waals surface area (Å²) >= 11 is 0. The third-order valence-electron chi connectivity index (χ3n) is 13.1. The second-order valence-corrected chi connectivity index (χ2v) is 17.2. The van der Waals surface area contributed by atoms with Gasteiger partial charge < -0.3 is 4.57 Å². The van der Waals surface area contributed by atoms with Crippen molar-refractivity contribution in [3.05, 3.63) is 249 Å². The molecule has 0 aliphatic carbocycles. The highest BCUT2D eigenvalue weighted by molar-refractivity contribution is 6.28. The van der Waals surface area contributed by atoms with Gasteiger partial charge in [0.15, 0.2) is 11.6 Å². The molecular formula is C63H41N5. The maximum Gasteiger partial charge on any atom is 0.238 e. The number of hydrogen-bond donors (Lipinski definition) is 0. The molecule has 0 aliphatic heterocycles. The lowest BCUT2D eigenvalue weighted by Gasteiger charge is -2.16. The first-order valence-electron chi connectivity index (χ1n) is 23.0. The van der Waals surface area contributed by atoms with Gasteiger partial charge in [-0.2, -0.15) is 9.97 Å². The Kier molecular flexibility index (Phi) is 9.43. The van der Waals surface area contributed by atoms with E-state index in [2.05, 4.69) is 234 Å².